The molecular weight excluding hydrogens is 531 g/mol. The molecule has 0 saturated carbocycles. The normalized spacial score (nSPS) is 15.1. The molecule has 3 aliphatic rings. The van der Waals surface area contributed by atoms with Crippen LogP contribution in [0.25, 0.3) is 54.5 Å². The molecule has 4 heterocycles. The second kappa shape index (κ2) is 7.62. The van der Waals surface area contributed by atoms with E-state index in [0.29, 0.717) is 0 Å². The Morgan fingerprint density at radius 2 is 1.25 bits per heavy atom. The number of hydrogen-bond acceptors (Lipinski definition) is 1. The number of para-hydroxylation sites is 3. The van der Waals surface area contributed by atoms with Crippen molar-refractivity contribution in [1.29, 1.82) is 0 Å². The number of rotatable bonds is 0. The molecule has 3 aliphatic heterocycles. The molecule has 8 aromatic rings. The van der Waals surface area contributed by atoms with E-state index in [1.165, 1.54) is 93.6 Å². The van der Waals surface area contributed by atoms with E-state index in [0.717, 1.165) is 0 Å². The molecule has 1 aromatic heterocycles. The maximum atomic E-state index is 2.69. The second-order valence-electron chi connectivity index (χ2n) is 13.3. The van der Waals surface area contributed by atoms with Gasteiger partial charge in [-0.05, 0) is 68.0 Å². The first-order valence-corrected chi connectivity index (χ1v) is 15.7. The van der Waals surface area contributed by atoms with Crippen molar-refractivity contribution in [3.05, 3.63) is 139 Å². The molecule has 0 amide bonds. The number of nitrogens with zero attached hydrogens (tertiary/aromatic N) is 2. The Hall–Kier alpha value is -5.28. The van der Waals surface area contributed by atoms with Gasteiger partial charge in [-0.3, -0.25) is 0 Å². The average molecular weight is 558 g/mol. The van der Waals surface area contributed by atoms with Gasteiger partial charge in [0.2, 0.25) is 0 Å². The molecule has 0 atom stereocenters. The van der Waals surface area contributed by atoms with Crippen molar-refractivity contribution in [3.63, 3.8) is 0 Å². The molecule has 0 unspecified atom stereocenters. The Kier molecular flexibility index (Phi) is 4.02. The van der Waals surface area contributed by atoms with Crippen LogP contribution in [0.1, 0.15) is 25.0 Å². The highest BCUT2D eigenvalue weighted by molar-refractivity contribution is 6.90. The lowest BCUT2D eigenvalue weighted by atomic mass is 9.44. The summed E-state index contributed by atoms with van der Waals surface area (Å²) in [5, 5.41) is 7.84. The first-order valence-electron chi connectivity index (χ1n) is 15.7. The van der Waals surface area contributed by atoms with E-state index in [9.17, 15) is 0 Å². The van der Waals surface area contributed by atoms with Crippen LogP contribution in [0, 0.1) is 0 Å². The van der Waals surface area contributed by atoms with E-state index in [1.807, 2.05) is 0 Å². The quantitative estimate of drug-likeness (QED) is 0.169. The van der Waals surface area contributed by atoms with Gasteiger partial charge in [0.05, 0.1) is 11.4 Å². The van der Waals surface area contributed by atoms with E-state index < -0.39 is 0 Å². The van der Waals surface area contributed by atoms with Crippen molar-refractivity contribution < 1.29 is 0 Å². The standard InChI is InChI=1S/C41H27BN2/c1-41(2)32-17-7-8-20-35(32)43-39-27-14-6-5-13-26(27)22-31-29-16-9-15-28-30-21-24-11-3-4-12-25(24)23-36(30)44(38(28)29)42(37(31)39)34-19-10-18-33(41)40(34)43/h3-23H,1-2H3. The van der Waals surface area contributed by atoms with Crippen molar-refractivity contribution in [2.24, 2.45) is 0 Å². The smallest absolute Gasteiger partial charge is 0.333 e. The minimum Gasteiger partial charge on any atom is -0.375 e. The number of aromatic nitrogens is 1. The van der Waals surface area contributed by atoms with E-state index in [4.69, 9.17) is 0 Å². The first-order chi connectivity index (χ1) is 21.6. The zero-order valence-corrected chi connectivity index (χ0v) is 24.6. The number of anilines is 3. The summed E-state index contributed by atoms with van der Waals surface area (Å²) in [6, 6.07) is 48.2. The van der Waals surface area contributed by atoms with E-state index in [2.05, 4.69) is 151 Å². The van der Waals surface area contributed by atoms with Crippen LogP contribution in [-0.4, -0.2) is 11.3 Å². The highest BCUT2D eigenvalue weighted by atomic mass is 15.2. The van der Waals surface area contributed by atoms with Crippen LogP contribution >= 0.6 is 0 Å². The molecule has 0 spiro atoms. The summed E-state index contributed by atoms with van der Waals surface area (Å²) in [6.45, 7) is 4.86. The van der Waals surface area contributed by atoms with Crippen molar-refractivity contribution in [2.75, 3.05) is 4.90 Å². The van der Waals surface area contributed by atoms with Crippen LogP contribution in [0.15, 0.2) is 127 Å². The topological polar surface area (TPSA) is 8.17 Å². The van der Waals surface area contributed by atoms with Gasteiger partial charge < -0.3 is 9.38 Å². The minimum atomic E-state index is -0.125. The number of benzene rings is 7. The van der Waals surface area contributed by atoms with Gasteiger partial charge >= 0.3 is 6.85 Å². The van der Waals surface area contributed by atoms with Gasteiger partial charge in [-0.15, -0.1) is 0 Å². The lowest BCUT2D eigenvalue weighted by molar-refractivity contribution is 0.632. The highest BCUT2D eigenvalue weighted by Crippen LogP contribution is 2.55. The Balaban J connectivity index is 1.40. The lowest BCUT2D eigenvalue weighted by Crippen LogP contribution is -2.58. The summed E-state index contributed by atoms with van der Waals surface area (Å²) in [4.78, 5) is 2.62. The Bertz CT molecular complexity index is 2610. The molecule has 3 heteroatoms. The number of fused-ring (bicyclic) bond motifs is 12. The van der Waals surface area contributed by atoms with Crippen LogP contribution < -0.4 is 15.8 Å². The zero-order chi connectivity index (χ0) is 28.9. The summed E-state index contributed by atoms with van der Waals surface area (Å²) in [6.07, 6.45) is 0. The zero-order valence-electron chi connectivity index (χ0n) is 24.6. The molecule has 11 rings (SSSR count). The highest BCUT2D eigenvalue weighted by Gasteiger charge is 2.48. The molecule has 7 aromatic carbocycles. The van der Waals surface area contributed by atoms with Gasteiger partial charge in [0.15, 0.2) is 0 Å². The van der Waals surface area contributed by atoms with Gasteiger partial charge in [0.1, 0.15) is 0 Å². The van der Waals surface area contributed by atoms with Gasteiger partial charge in [0.25, 0.3) is 0 Å². The Morgan fingerprint density at radius 1 is 0.545 bits per heavy atom. The van der Waals surface area contributed by atoms with Gasteiger partial charge in [-0.1, -0.05) is 117 Å². The summed E-state index contributed by atoms with van der Waals surface area (Å²) in [5.41, 5.74) is 14.7. The molecule has 44 heavy (non-hydrogen) atoms. The van der Waals surface area contributed by atoms with E-state index in [-0.39, 0.29) is 12.3 Å². The average Bonchev–Trinajstić information content (AvgIpc) is 3.38. The Labute approximate surface area is 255 Å². The molecular formula is C41H27BN2. The lowest BCUT2D eigenvalue weighted by Gasteiger charge is -2.48. The molecule has 0 fully saturated rings. The third-order valence-corrected chi connectivity index (χ3v) is 10.9. The maximum Gasteiger partial charge on any atom is 0.333 e. The predicted octanol–water partition coefficient (Wildman–Crippen LogP) is 9.16. The van der Waals surface area contributed by atoms with Gasteiger partial charge in [-0.2, -0.15) is 0 Å². The van der Waals surface area contributed by atoms with Crippen LogP contribution in [0.4, 0.5) is 17.1 Å². The van der Waals surface area contributed by atoms with Crippen molar-refractivity contribution in [3.8, 4) is 11.1 Å². The monoisotopic (exact) mass is 558 g/mol. The van der Waals surface area contributed by atoms with E-state index >= 15 is 0 Å². The number of hydrogen-bond donors (Lipinski definition) is 0. The third-order valence-electron chi connectivity index (χ3n) is 10.9. The summed E-state index contributed by atoms with van der Waals surface area (Å²) in [5.74, 6) is 0. The van der Waals surface area contributed by atoms with Crippen molar-refractivity contribution in [1.82, 2.24) is 4.48 Å². The molecule has 0 N–H and O–H groups in total. The molecule has 0 bridgehead atoms. The van der Waals surface area contributed by atoms with Crippen molar-refractivity contribution >= 4 is 78.2 Å². The minimum absolute atomic E-state index is 0.0629. The van der Waals surface area contributed by atoms with Crippen LogP contribution in [0.2, 0.25) is 0 Å². The molecule has 2 nitrogen and oxygen atoms in total. The predicted molar refractivity (Wildman–Crippen MR) is 187 cm³/mol. The summed E-state index contributed by atoms with van der Waals surface area (Å²) < 4.78 is 2.69. The molecule has 0 aliphatic carbocycles. The van der Waals surface area contributed by atoms with Gasteiger partial charge in [0, 0.05) is 43.9 Å². The van der Waals surface area contributed by atoms with Crippen LogP contribution in [0.5, 0.6) is 0 Å². The third kappa shape index (κ3) is 2.54. The van der Waals surface area contributed by atoms with Crippen molar-refractivity contribution in [2.45, 2.75) is 19.3 Å². The summed E-state index contributed by atoms with van der Waals surface area (Å²) in [7, 11) is 0. The SMILES string of the molecule is CC1(C)c2ccccc2N2c3c(cccc31)B1c3c(cc4ccccc4c32)-c2cccc3c4cc5ccccc5cc4n1c23. The summed E-state index contributed by atoms with van der Waals surface area (Å²) >= 11 is 0. The van der Waals surface area contributed by atoms with Crippen LogP contribution in [0.3, 0.4) is 0 Å². The van der Waals surface area contributed by atoms with Crippen LogP contribution in [-0.2, 0) is 5.41 Å². The molecule has 204 valence electrons. The molecule has 0 saturated heterocycles. The van der Waals surface area contributed by atoms with E-state index in [1.54, 1.807) is 0 Å². The fourth-order valence-corrected chi connectivity index (χ4v) is 9.01. The fraction of sp³-hybridized carbons (Fsp3) is 0.0732. The maximum absolute atomic E-state index is 2.69. The molecule has 0 radical (unpaired) electrons. The first kappa shape index (κ1) is 23.2. The van der Waals surface area contributed by atoms with Gasteiger partial charge in [-0.25, -0.2) is 0 Å². The Morgan fingerprint density at radius 3 is 2.14 bits per heavy atom. The fourth-order valence-electron chi connectivity index (χ4n) is 9.01. The largest absolute Gasteiger partial charge is 0.375 e. The second-order valence-corrected chi connectivity index (χ2v) is 13.3.